The van der Waals surface area contributed by atoms with Gasteiger partial charge in [-0.25, -0.2) is 0 Å². The molecule has 1 unspecified atom stereocenters. The van der Waals surface area contributed by atoms with Crippen LogP contribution in [-0.4, -0.2) is 170 Å². The number of ketones is 2. The van der Waals surface area contributed by atoms with E-state index < -0.39 is 18.1 Å². The van der Waals surface area contributed by atoms with Crippen LogP contribution in [0, 0.1) is 29.6 Å². The van der Waals surface area contributed by atoms with E-state index in [-0.39, 0.29) is 107 Å². The van der Waals surface area contributed by atoms with Crippen molar-refractivity contribution in [2.75, 3.05) is 55.5 Å². The summed E-state index contributed by atoms with van der Waals surface area (Å²) in [7, 11) is 10.1. The number of rotatable bonds is 26. The summed E-state index contributed by atoms with van der Waals surface area (Å²) in [5.74, 6) is -1.16. The van der Waals surface area contributed by atoms with Crippen molar-refractivity contribution in [2.24, 2.45) is 29.6 Å². The van der Waals surface area contributed by atoms with Gasteiger partial charge < -0.3 is 39.9 Å². The third kappa shape index (κ3) is 19.2. The number of ether oxygens (including phenoxy) is 2. The molecule has 398 valence electrons. The zero-order valence-corrected chi connectivity index (χ0v) is 45.4. The van der Waals surface area contributed by atoms with Gasteiger partial charge in [0, 0.05) is 66.1 Å². The molecule has 3 rings (SSSR count). The molecule has 17 heteroatoms. The average Bonchev–Trinajstić information content (AvgIpc) is 3.88. The van der Waals surface area contributed by atoms with Crippen LogP contribution in [0.1, 0.15) is 126 Å². The monoisotopic (exact) mass is 987 g/mol. The molecule has 0 bridgehead atoms. The largest absolute Gasteiger partial charge is 0.480 e. The highest BCUT2D eigenvalue weighted by Gasteiger charge is 2.42. The van der Waals surface area contributed by atoms with E-state index in [1.165, 1.54) is 11.8 Å². The van der Waals surface area contributed by atoms with Gasteiger partial charge in [-0.15, -0.1) is 0 Å². The van der Waals surface area contributed by atoms with Crippen LogP contribution in [0.2, 0.25) is 0 Å². The summed E-state index contributed by atoms with van der Waals surface area (Å²) in [5, 5.41) is 14.6. The molecule has 3 N–H and O–H groups in total. The maximum Gasteiger partial charge on any atom is 0.321 e. The third-order valence-electron chi connectivity index (χ3n) is 13.7. The molecule has 9 atom stereocenters. The van der Waals surface area contributed by atoms with E-state index in [0.717, 1.165) is 24.8 Å². The van der Waals surface area contributed by atoms with E-state index in [9.17, 15) is 38.4 Å². The fraction of sp³-hybridized carbons (Fsp3) is 0.736. The van der Waals surface area contributed by atoms with Crippen LogP contribution < -0.4 is 10.6 Å². The second kappa shape index (κ2) is 31.7. The number of unbranched alkanes of at least 4 members (excludes halogenated alkanes) is 2. The number of benzene rings is 1. The van der Waals surface area contributed by atoms with Crippen LogP contribution in [0.4, 0.5) is 0 Å². The van der Waals surface area contributed by atoms with Gasteiger partial charge >= 0.3 is 5.97 Å². The number of likely N-dealkylation sites (N-methyl/N-ethyl adjacent to an activating group) is 4. The highest BCUT2D eigenvalue weighted by Crippen LogP contribution is 2.29. The van der Waals surface area contributed by atoms with Gasteiger partial charge in [-0.1, -0.05) is 92.1 Å². The highest BCUT2D eigenvalue weighted by molar-refractivity contribution is 6.03. The molecule has 70 heavy (non-hydrogen) atoms. The molecule has 2 saturated heterocycles. The van der Waals surface area contributed by atoms with E-state index in [1.807, 2.05) is 83.7 Å². The molecular formula is C53H90N6O11. The number of hydrogen-bond donors (Lipinski definition) is 3. The van der Waals surface area contributed by atoms with Crippen molar-refractivity contribution in [1.82, 2.24) is 30.2 Å². The lowest BCUT2D eigenvalue weighted by Gasteiger charge is -2.40. The van der Waals surface area contributed by atoms with Crippen LogP contribution in [0.15, 0.2) is 30.3 Å². The van der Waals surface area contributed by atoms with Crippen LogP contribution in [0.25, 0.3) is 0 Å². The number of nitrogens with zero attached hydrogens (tertiary/aromatic N) is 4. The topological polar surface area (TPSA) is 212 Å². The Morgan fingerprint density at radius 1 is 0.814 bits per heavy atom. The van der Waals surface area contributed by atoms with Crippen LogP contribution >= 0.6 is 0 Å². The smallest absolute Gasteiger partial charge is 0.321 e. The number of amides is 5. The lowest BCUT2D eigenvalue weighted by atomic mass is 9.91. The summed E-state index contributed by atoms with van der Waals surface area (Å²) in [5.41, 5.74) is 1.03. The molecular weight excluding hydrogens is 897 g/mol. The Morgan fingerprint density at radius 3 is 1.87 bits per heavy atom. The van der Waals surface area contributed by atoms with Crippen molar-refractivity contribution in [3.05, 3.63) is 35.9 Å². The number of carbonyl (C=O) groups excluding carboxylic acids is 7. The minimum atomic E-state index is -0.814. The predicted molar refractivity (Wildman–Crippen MR) is 272 cm³/mol. The van der Waals surface area contributed by atoms with Crippen molar-refractivity contribution in [1.29, 1.82) is 0 Å². The number of aliphatic carboxylic acids is 1. The zero-order chi connectivity index (χ0) is 53.6. The maximum absolute atomic E-state index is 13.4. The molecule has 2 aliphatic heterocycles. The van der Waals surface area contributed by atoms with Crippen molar-refractivity contribution in [3.8, 4) is 0 Å². The molecule has 0 radical (unpaired) electrons. The fourth-order valence-electron chi connectivity index (χ4n) is 9.73. The lowest BCUT2D eigenvalue weighted by molar-refractivity contribution is -0.146. The first-order chi connectivity index (χ1) is 32.8. The number of carboxylic acids is 1. The molecule has 1 aromatic carbocycles. The summed E-state index contributed by atoms with van der Waals surface area (Å²) < 4.78 is 11.5. The Bertz CT molecular complexity index is 1830. The average molecular weight is 987 g/mol. The zero-order valence-electron chi connectivity index (χ0n) is 45.4. The summed E-state index contributed by atoms with van der Waals surface area (Å²) in [4.78, 5) is 103. The number of nitrogens with one attached hydrogen (secondary N) is 2. The van der Waals surface area contributed by atoms with Crippen molar-refractivity contribution in [3.63, 3.8) is 0 Å². The molecule has 0 aliphatic carbocycles. The number of carboxylic acid groups (broad SMARTS) is 1. The van der Waals surface area contributed by atoms with E-state index >= 15 is 0 Å². The second-order valence-electron chi connectivity index (χ2n) is 20.0. The normalized spacial score (nSPS) is 18.8. The van der Waals surface area contributed by atoms with Crippen molar-refractivity contribution >= 4 is 47.1 Å². The van der Waals surface area contributed by atoms with E-state index in [0.29, 0.717) is 45.2 Å². The van der Waals surface area contributed by atoms with Gasteiger partial charge in [0.25, 0.3) is 0 Å². The quantitative estimate of drug-likeness (QED) is 0.0800. The van der Waals surface area contributed by atoms with E-state index in [2.05, 4.69) is 10.6 Å². The van der Waals surface area contributed by atoms with Crippen LogP contribution in [0.5, 0.6) is 0 Å². The summed E-state index contributed by atoms with van der Waals surface area (Å²) in [6.45, 7) is 19.8. The Hall–Kier alpha value is -4.58. The second-order valence-corrected chi connectivity index (χ2v) is 20.0. The molecule has 17 nitrogen and oxygen atoms in total. The summed E-state index contributed by atoms with van der Waals surface area (Å²) in [6, 6.07) is 8.01. The lowest BCUT2D eigenvalue weighted by Crippen LogP contribution is -2.56. The first-order valence-electron chi connectivity index (χ1n) is 25.2. The van der Waals surface area contributed by atoms with Gasteiger partial charge in [0.15, 0.2) is 5.78 Å². The van der Waals surface area contributed by atoms with E-state index in [1.54, 1.807) is 66.1 Å². The van der Waals surface area contributed by atoms with Gasteiger partial charge in [0.1, 0.15) is 11.8 Å². The minimum Gasteiger partial charge on any atom is -0.480 e. The first kappa shape index (κ1) is 63.4. The Morgan fingerprint density at radius 2 is 1.43 bits per heavy atom. The molecule has 0 saturated carbocycles. The third-order valence-corrected chi connectivity index (χ3v) is 13.7. The Labute approximate surface area is 419 Å². The number of Topliss-reactive ketones (excluding diaryl/α,β-unsaturated/α-hetero) is 2. The molecule has 0 aromatic heterocycles. The Kier molecular flexibility index (Phi) is 28.7. The van der Waals surface area contributed by atoms with Gasteiger partial charge in [0.2, 0.25) is 29.5 Å². The van der Waals surface area contributed by atoms with Crippen LogP contribution in [-0.2, 0) is 54.3 Å². The number of likely N-dealkylation sites (tertiary alicyclic amines) is 2. The summed E-state index contributed by atoms with van der Waals surface area (Å²) in [6.07, 6.45) is 4.47. The van der Waals surface area contributed by atoms with Crippen LogP contribution in [0.3, 0.4) is 0 Å². The minimum absolute atomic E-state index is 0.000952. The van der Waals surface area contributed by atoms with Crippen molar-refractivity contribution < 1.29 is 52.9 Å². The van der Waals surface area contributed by atoms with Gasteiger partial charge in [0.05, 0.1) is 42.8 Å². The van der Waals surface area contributed by atoms with E-state index in [4.69, 9.17) is 14.6 Å². The standard InChI is InChI=1S/C25H47N3O5.C18H30N2O4.C10H13NO2/c1-15(2)22(26-7)25(31)27(8)23(16(3)4)20(32-9)14-21(30)28-13-11-12-19(28)24(33-10)17(5)18(6)29;1-12(2)17(14(4)21)19(5)15(22)9-7-6-8-10-20-16(23)11-13(3)18(20)24;1-11-9(10(12)13)7-8-5-3-2-4-6-8/h15-17,19-20,22-24,26H,11-14H2,1-10H3;12-13,17H,6-11H2,1-5H3;2-6,9,11H,7H2,1H3,(H,12,13)/t17-,19-,20+,22-,23-,24+;13?,17-;9-/m000/s1. The van der Waals surface area contributed by atoms with Gasteiger partial charge in [-0.2, -0.15) is 0 Å². The molecule has 2 heterocycles. The molecule has 1 aromatic rings. The molecule has 2 fully saturated rings. The molecule has 2 aliphatic rings. The number of carbonyl (C=O) groups is 8. The maximum atomic E-state index is 13.4. The highest BCUT2D eigenvalue weighted by atomic mass is 16.5. The molecule has 0 spiro atoms. The van der Waals surface area contributed by atoms with Gasteiger partial charge in [-0.05, 0) is 83.4 Å². The predicted octanol–water partition coefficient (Wildman–Crippen LogP) is 5.27. The molecule has 5 amide bonds. The number of hydrogen-bond acceptors (Lipinski definition) is 12. The van der Waals surface area contributed by atoms with Crippen molar-refractivity contribution in [2.45, 2.75) is 169 Å². The first-order valence-corrected chi connectivity index (χ1v) is 25.2. The fourth-order valence-corrected chi connectivity index (χ4v) is 9.73. The summed E-state index contributed by atoms with van der Waals surface area (Å²) >= 11 is 0. The number of methoxy groups -OCH3 is 2. The van der Waals surface area contributed by atoms with Gasteiger partial charge in [-0.3, -0.25) is 43.3 Å². The Balaban J connectivity index is 0.000000575. The number of imide groups is 1. The SMILES string of the molecule is CC(=O)[C@H](C(C)C)N(C)C(=O)CCCCCN1C(=O)CC(C)C1=O.CN[C@@H](Cc1ccccc1)C(=O)O.CN[C@H](C(=O)N(C)[C@@H](C(C)C)[C@@H](CC(=O)N1CCC[C@H]1[C@H](OC)[C@@H](C)C(C)=O)OC)C(C)C.